The van der Waals surface area contributed by atoms with Crippen molar-refractivity contribution in [1.29, 1.82) is 0 Å². The molecule has 3 heteroatoms. The van der Waals surface area contributed by atoms with Crippen molar-refractivity contribution < 1.29 is 9.47 Å². The Balaban J connectivity index is 2.84. The van der Waals surface area contributed by atoms with Crippen molar-refractivity contribution in [3.63, 3.8) is 0 Å². The molecule has 0 aliphatic rings. The molecular weight excluding hydrogens is 226 g/mol. The lowest BCUT2D eigenvalue weighted by atomic mass is 10.1. The van der Waals surface area contributed by atoms with E-state index in [9.17, 15) is 0 Å². The highest BCUT2D eigenvalue weighted by molar-refractivity contribution is 5.42. The summed E-state index contributed by atoms with van der Waals surface area (Å²) in [5, 5.41) is 3.21. The molecule has 0 saturated heterocycles. The van der Waals surface area contributed by atoms with Crippen molar-refractivity contribution in [2.75, 3.05) is 20.8 Å². The topological polar surface area (TPSA) is 30.5 Å². The first-order chi connectivity index (χ1) is 8.72. The van der Waals surface area contributed by atoms with Gasteiger partial charge < -0.3 is 14.8 Å². The van der Waals surface area contributed by atoms with Gasteiger partial charge in [0.25, 0.3) is 0 Å². The van der Waals surface area contributed by atoms with Crippen LogP contribution in [0.3, 0.4) is 0 Å². The maximum atomic E-state index is 5.78. The third kappa shape index (κ3) is 3.97. The number of benzene rings is 1. The minimum atomic E-state index is 0.239. The predicted octanol–water partition coefficient (Wildman–Crippen LogP) is 2.77. The molecule has 0 aliphatic carbocycles. The van der Waals surface area contributed by atoms with Crippen LogP contribution in [0.25, 0.3) is 0 Å². The standard InChI is InChI=1S/C15H21NO2/c1-5-6-7-10-18-15-11-13(17-4)8-9-14(15)12(2)16-3/h8-9,11-12,16H,7,10H2,1-4H3. The van der Waals surface area contributed by atoms with E-state index >= 15 is 0 Å². The summed E-state index contributed by atoms with van der Waals surface area (Å²) in [5.41, 5.74) is 1.13. The Bertz CT molecular complexity index is 432. The average molecular weight is 247 g/mol. The second kappa shape index (κ2) is 7.62. The van der Waals surface area contributed by atoms with Gasteiger partial charge in [0.15, 0.2) is 0 Å². The number of ether oxygens (including phenoxy) is 2. The van der Waals surface area contributed by atoms with E-state index in [1.54, 1.807) is 7.11 Å². The van der Waals surface area contributed by atoms with Crippen LogP contribution in [0.1, 0.15) is 31.9 Å². The van der Waals surface area contributed by atoms with Crippen molar-refractivity contribution in [3.05, 3.63) is 23.8 Å². The van der Waals surface area contributed by atoms with Crippen molar-refractivity contribution in [3.8, 4) is 23.3 Å². The highest BCUT2D eigenvalue weighted by Crippen LogP contribution is 2.29. The average Bonchev–Trinajstić information content (AvgIpc) is 2.42. The predicted molar refractivity (Wildman–Crippen MR) is 74.0 cm³/mol. The zero-order valence-corrected chi connectivity index (χ0v) is 11.5. The maximum absolute atomic E-state index is 5.78. The van der Waals surface area contributed by atoms with Gasteiger partial charge in [0.05, 0.1) is 13.7 Å². The van der Waals surface area contributed by atoms with Gasteiger partial charge in [-0.15, -0.1) is 11.8 Å². The monoisotopic (exact) mass is 247 g/mol. The molecular formula is C15H21NO2. The minimum absolute atomic E-state index is 0.239. The van der Waals surface area contributed by atoms with Crippen LogP contribution >= 0.6 is 0 Å². The van der Waals surface area contributed by atoms with Gasteiger partial charge >= 0.3 is 0 Å². The zero-order valence-electron chi connectivity index (χ0n) is 11.5. The molecule has 1 unspecified atom stereocenters. The molecule has 1 N–H and O–H groups in total. The van der Waals surface area contributed by atoms with Gasteiger partial charge in [-0.3, -0.25) is 0 Å². The molecule has 98 valence electrons. The number of methoxy groups -OCH3 is 1. The summed E-state index contributed by atoms with van der Waals surface area (Å²) in [4.78, 5) is 0. The van der Waals surface area contributed by atoms with Crippen LogP contribution in [0.2, 0.25) is 0 Å². The van der Waals surface area contributed by atoms with Gasteiger partial charge in [0.1, 0.15) is 11.5 Å². The second-order valence-corrected chi connectivity index (χ2v) is 3.94. The van der Waals surface area contributed by atoms with E-state index in [1.165, 1.54) is 0 Å². The molecule has 1 aromatic rings. The number of hydrogen-bond donors (Lipinski definition) is 1. The summed E-state index contributed by atoms with van der Waals surface area (Å²) in [5.74, 6) is 7.51. The van der Waals surface area contributed by atoms with E-state index in [1.807, 2.05) is 32.2 Å². The summed E-state index contributed by atoms with van der Waals surface area (Å²) in [7, 11) is 3.59. The first-order valence-corrected chi connectivity index (χ1v) is 6.10. The van der Waals surface area contributed by atoms with Crippen molar-refractivity contribution in [1.82, 2.24) is 5.32 Å². The van der Waals surface area contributed by atoms with Crippen molar-refractivity contribution in [2.24, 2.45) is 0 Å². The largest absolute Gasteiger partial charge is 0.497 e. The maximum Gasteiger partial charge on any atom is 0.127 e. The van der Waals surface area contributed by atoms with Crippen LogP contribution in [0.15, 0.2) is 18.2 Å². The second-order valence-electron chi connectivity index (χ2n) is 3.94. The zero-order chi connectivity index (χ0) is 13.4. The van der Waals surface area contributed by atoms with E-state index in [0.29, 0.717) is 6.61 Å². The van der Waals surface area contributed by atoms with Crippen LogP contribution in [-0.4, -0.2) is 20.8 Å². The Hall–Kier alpha value is -1.66. The summed E-state index contributed by atoms with van der Waals surface area (Å²) in [6.07, 6.45) is 0.737. The molecule has 0 spiro atoms. The molecule has 0 aliphatic heterocycles. The smallest absolute Gasteiger partial charge is 0.127 e. The fraction of sp³-hybridized carbons (Fsp3) is 0.467. The molecule has 1 atom stereocenters. The Morgan fingerprint density at radius 3 is 2.78 bits per heavy atom. The fourth-order valence-electron chi connectivity index (χ4n) is 1.62. The van der Waals surface area contributed by atoms with Crippen LogP contribution in [-0.2, 0) is 0 Å². The number of hydrogen-bond acceptors (Lipinski definition) is 3. The van der Waals surface area contributed by atoms with Crippen LogP contribution in [0.5, 0.6) is 11.5 Å². The van der Waals surface area contributed by atoms with Crippen molar-refractivity contribution in [2.45, 2.75) is 26.3 Å². The summed E-state index contributed by atoms with van der Waals surface area (Å²) < 4.78 is 11.0. The number of nitrogens with one attached hydrogen (secondary N) is 1. The summed E-state index contributed by atoms with van der Waals surface area (Å²) >= 11 is 0. The first-order valence-electron chi connectivity index (χ1n) is 6.10. The highest BCUT2D eigenvalue weighted by atomic mass is 16.5. The normalized spacial score (nSPS) is 11.3. The quantitative estimate of drug-likeness (QED) is 0.619. The van der Waals surface area contributed by atoms with E-state index in [-0.39, 0.29) is 6.04 Å². The van der Waals surface area contributed by atoms with E-state index < -0.39 is 0 Å². The lowest BCUT2D eigenvalue weighted by Gasteiger charge is -2.17. The molecule has 1 aromatic carbocycles. The highest BCUT2D eigenvalue weighted by Gasteiger charge is 2.11. The molecule has 0 radical (unpaired) electrons. The molecule has 0 saturated carbocycles. The molecule has 0 amide bonds. The Labute approximate surface area is 109 Å². The first kappa shape index (κ1) is 14.4. The van der Waals surface area contributed by atoms with E-state index in [0.717, 1.165) is 23.5 Å². The Morgan fingerprint density at radius 2 is 2.17 bits per heavy atom. The summed E-state index contributed by atoms with van der Waals surface area (Å²) in [6.45, 7) is 4.53. The molecule has 0 fully saturated rings. The SMILES string of the molecule is CC#CCCOc1cc(OC)ccc1C(C)NC. The van der Waals surface area contributed by atoms with Gasteiger partial charge in [-0.1, -0.05) is 6.07 Å². The summed E-state index contributed by atoms with van der Waals surface area (Å²) in [6, 6.07) is 6.13. The molecule has 18 heavy (non-hydrogen) atoms. The minimum Gasteiger partial charge on any atom is -0.497 e. The number of rotatable bonds is 6. The van der Waals surface area contributed by atoms with Crippen LogP contribution in [0.4, 0.5) is 0 Å². The van der Waals surface area contributed by atoms with Crippen LogP contribution in [0, 0.1) is 11.8 Å². The lowest BCUT2D eigenvalue weighted by Crippen LogP contribution is -2.14. The van der Waals surface area contributed by atoms with E-state index in [4.69, 9.17) is 9.47 Å². The van der Waals surface area contributed by atoms with E-state index in [2.05, 4.69) is 24.1 Å². The molecule has 0 aromatic heterocycles. The molecule has 3 nitrogen and oxygen atoms in total. The molecule has 0 bridgehead atoms. The molecule has 0 heterocycles. The lowest BCUT2D eigenvalue weighted by molar-refractivity contribution is 0.317. The third-order valence-electron chi connectivity index (χ3n) is 2.78. The van der Waals surface area contributed by atoms with Gasteiger partial charge in [0, 0.05) is 24.1 Å². The third-order valence-corrected chi connectivity index (χ3v) is 2.78. The van der Waals surface area contributed by atoms with Gasteiger partial charge in [-0.25, -0.2) is 0 Å². The van der Waals surface area contributed by atoms with Gasteiger partial charge in [0.2, 0.25) is 0 Å². The fourth-order valence-corrected chi connectivity index (χ4v) is 1.62. The Kier molecular flexibility index (Phi) is 6.10. The Morgan fingerprint density at radius 1 is 1.39 bits per heavy atom. The van der Waals surface area contributed by atoms with Gasteiger partial charge in [-0.2, -0.15) is 0 Å². The van der Waals surface area contributed by atoms with Crippen molar-refractivity contribution >= 4 is 0 Å². The molecule has 1 rings (SSSR count). The van der Waals surface area contributed by atoms with Crippen LogP contribution < -0.4 is 14.8 Å². The van der Waals surface area contributed by atoms with Gasteiger partial charge in [-0.05, 0) is 27.0 Å².